The molecule has 1 heteroatoms. The quantitative estimate of drug-likeness (QED) is 0.536. The van der Waals surface area contributed by atoms with Crippen LogP contribution in [0.15, 0.2) is 52.3 Å². The lowest BCUT2D eigenvalue weighted by Gasteiger charge is -2.42. The third kappa shape index (κ3) is 3.97. The van der Waals surface area contributed by atoms with Crippen molar-refractivity contribution in [3.8, 4) is 0 Å². The highest BCUT2D eigenvalue weighted by Gasteiger charge is 2.36. The fourth-order valence-corrected chi connectivity index (χ4v) is 4.95. The largest absolute Gasteiger partial charge is 0.0898 e. The molecule has 1 aliphatic carbocycles. The van der Waals surface area contributed by atoms with Gasteiger partial charge in [-0.3, -0.25) is 0 Å². The molecule has 0 spiro atoms. The van der Waals surface area contributed by atoms with Crippen LogP contribution in [0, 0.1) is 0 Å². The Hall–Kier alpha value is -1.21. The molecule has 0 radical (unpaired) electrons. The fraction of sp³-hybridized carbons (Fsp3) is 0.500. The van der Waals surface area contributed by atoms with E-state index in [-0.39, 0.29) is 5.41 Å². The molecule has 0 aliphatic heterocycles. The Morgan fingerprint density at radius 2 is 1.56 bits per heavy atom. The van der Waals surface area contributed by atoms with Gasteiger partial charge in [-0.2, -0.15) is 0 Å². The van der Waals surface area contributed by atoms with Crippen LogP contribution in [0.5, 0.6) is 0 Å². The summed E-state index contributed by atoms with van der Waals surface area (Å²) < 4.78 is 0. The molecule has 0 heterocycles. The monoisotopic (exact) mass is 352 g/mol. The van der Waals surface area contributed by atoms with E-state index in [4.69, 9.17) is 0 Å². The van der Waals surface area contributed by atoms with E-state index in [2.05, 4.69) is 77.1 Å². The molecule has 3 rings (SSSR count). The molecule has 0 nitrogen and oxygen atoms in total. The smallest absolute Gasteiger partial charge is 0.0154 e. The van der Waals surface area contributed by atoms with Gasteiger partial charge in [-0.15, -0.1) is 0 Å². The molecule has 0 bridgehead atoms. The first-order valence-electron chi connectivity index (χ1n) is 9.74. The lowest BCUT2D eigenvalue weighted by Crippen LogP contribution is -2.33. The number of hydrogen-bond donors (Lipinski definition) is 0. The summed E-state index contributed by atoms with van der Waals surface area (Å²) in [7, 11) is 0. The maximum Gasteiger partial charge on any atom is 0.0154 e. The van der Waals surface area contributed by atoms with Crippen LogP contribution in [0.4, 0.5) is 0 Å². The van der Waals surface area contributed by atoms with Gasteiger partial charge in [0.2, 0.25) is 0 Å². The lowest BCUT2D eigenvalue weighted by atomic mass is 9.63. The van der Waals surface area contributed by atoms with Gasteiger partial charge in [-0.25, -0.2) is 0 Å². The highest BCUT2D eigenvalue weighted by atomic mass is 32.2. The Kier molecular flexibility index (Phi) is 5.34. The van der Waals surface area contributed by atoms with Crippen molar-refractivity contribution in [2.75, 3.05) is 0 Å². The normalized spacial score (nSPS) is 18.0. The highest BCUT2D eigenvalue weighted by Crippen LogP contribution is 2.47. The van der Waals surface area contributed by atoms with E-state index in [1.807, 2.05) is 11.8 Å². The number of aryl methyl sites for hydroxylation is 1. The van der Waals surface area contributed by atoms with Gasteiger partial charge in [0, 0.05) is 9.79 Å². The molecule has 0 atom stereocenters. The molecule has 25 heavy (non-hydrogen) atoms. The van der Waals surface area contributed by atoms with E-state index in [0.717, 1.165) is 0 Å². The minimum Gasteiger partial charge on any atom is -0.0898 e. The molecule has 0 amide bonds. The van der Waals surface area contributed by atoms with Crippen LogP contribution in [0.1, 0.15) is 77.0 Å². The van der Waals surface area contributed by atoms with Crippen molar-refractivity contribution in [3.63, 3.8) is 0 Å². The van der Waals surface area contributed by atoms with Crippen molar-refractivity contribution < 1.29 is 0 Å². The Morgan fingerprint density at radius 3 is 2.28 bits per heavy atom. The first-order chi connectivity index (χ1) is 11.8. The van der Waals surface area contributed by atoms with E-state index in [1.165, 1.54) is 47.5 Å². The molecule has 0 fully saturated rings. The predicted octanol–water partition coefficient (Wildman–Crippen LogP) is 7.53. The molecule has 0 aromatic heterocycles. The molecule has 2 aromatic carbocycles. The van der Waals surface area contributed by atoms with E-state index in [9.17, 15) is 0 Å². The zero-order valence-electron chi connectivity index (χ0n) is 16.5. The van der Waals surface area contributed by atoms with Crippen LogP contribution in [0.25, 0.3) is 0 Å². The molecule has 0 unspecified atom stereocenters. The first-order valence-corrected chi connectivity index (χ1v) is 10.6. The molecular weight excluding hydrogens is 320 g/mol. The van der Waals surface area contributed by atoms with Crippen LogP contribution in [-0.4, -0.2) is 0 Å². The number of benzene rings is 2. The van der Waals surface area contributed by atoms with Crippen LogP contribution < -0.4 is 0 Å². The van der Waals surface area contributed by atoms with Crippen molar-refractivity contribution in [1.82, 2.24) is 0 Å². The summed E-state index contributed by atoms with van der Waals surface area (Å²) in [5.74, 6) is 0. The molecule has 2 aromatic rings. The second-order valence-corrected chi connectivity index (χ2v) is 9.90. The Balaban J connectivity index is 1.93. The summed E-state index contributed by atoms with van der Waals surface area (Å²) in [4.78, 5) is 2.80. The summed E-state index contributed by atoms with van der Waals surface area (Å²) in [6.07, 6.45) is 6.25. The Labute approximate surface area is 158 Å². The van der Waals surface area contributed by atoms with Crippen LogP contribution in [0.3, 0.4) is 0 Å². The average Bonchev–Trinajstić information content (AvgIpc) is 2.58. The fourth-order valence-electron chi connectivity index (χ4n) is 3.94. The van der Waals surface area contributed by atoms with E-state index < -0.39 is 0 Å². The van der Waals surface area contributed by atoms with Crippen LogP contribution in [0.2, 0.25) is 0 Å². The zero-order chi connectivity index (χ0) is 18.1. The number of unbranched alkanes of at least 4 members (excludes halogenated alkanes) is 1. The van der Waals surface area contributed by atoms with Crippen molar-refractivity contribution in [2.24, 2.45) is 0 Å². The van der Waals surface area contributed by atoms with Gasteiger partial charge in [-0.1, -0.05) is 77.1 Å². The number of hydrogen-bond acceptors (Lipinski definition) is 1. The molecule has 0 saturated carbocycles. The van der Waals surface area contributed by atoms with Gasteiger partial charge in [-0.05, 0) is 71.4 Å². The Bertz CT molecular complexity index is 740. The zero-order valence-corrected chi connectivity index (χ0v) is 17.3. The summed E-state index contributed by atoms with van der Waals surface area (Å²) in [6, 6.07) is 16.1. The van der Waals surface area contributed by atoms with E-state index in [0.29, 0.717) is 5.41 Å². The third-order valence-corrected chi connectivity index (χ3v) is 6.93. The molecule has 0 N–H and O–H groups in total. The van der Waals surface area contributed by atoms with Gasteiger partial charge in [0.1, 0.15) is 0 Å². The summed E-state index contributed by atoms with van der Waals surface area (Å²) in [6.45, 7) is 11.9. The van der Waals surface area contributed by atoms with Crippen molar-refractivity contribution in [3.05, 3.63) is 59.2 Å². The van der Waals surface area contributed by atoms with Gasteiger partial charge in [0.15, 0.2) is 0 Å². The number of rotatable bonds is 5. The van der Waals surface area contributed by atoms with E-state index >= 15 is 0 Å². The average molecular weight is 353 g/mol. The minimum absolute atomic E-state index is 0.281. The standard InChI is InChI=1S/C24H32S/c1-6-7-10-18-11-8-9-12-22(18)25-19-13-14-20-21(17-19)24(4,5)16-15-23(20,2)3/h8-9,11-14,17H,6-7,10,15-16H2,1-5H3. The van der Waals surface area contributed by atoms with E-state index in [1.54, 1.807) is 11.1 Å². The minimum atomic E-state index is 0.281. The lowest BCUT2D eigenvalue weighted by molar-refractivity contribution is 0.331. The van der Waals surface area contributed by atoms with Crippen LogP contribution in [-0.2, 0) is 17.3 Å². The maximum absolute atomic E-state index is 2.47. The van der Waals surface area contributed by atoms with Gasteiger partial charge in [0.05, 0.1) is 0 Å². The second kappa shape index (κ2) is 7.19. The molecular formula is C24H32S. The number of fused-ring (bicyclic) bond motifs is 1. The second-order valence-electron chi connectivity index (χ2n) is 8.79. The van der Waals surface area contributed by atoms with Crippen molar-refractivity contribution >= 4 is 11.8 Å². The van der Waals surface area contributed by atoms with Crippen LogP contribution >= 0.6 is 11.8 Å². The SMILES string of the molecule is CCCCc1ccccc1Sc1ccc2c(c1)C(C)(C)CCC2(C)C. The first kappa shape index (κ1) is 18.6. The molecule has 134 valence electrons. The van der Waals surface area contributed by atoms with Crippen molar-refractivity contribution in [2.45, 2.75) is 87.3 Å². The predicted molar refractivity (Wildman–Crippen MR) is 111 cm³/mol. The van der Waals surface area contributed by atoms with Crippen molar-refractivity contribution in [1.29, 1.82) is 0 Å². The summed E-state index contributed by atoms with van der Waals surface area (Å²) in [5.41, 5.74) is 5.18. The topological polar surface area (TPSA) is 0 Å². The van der Waals surface area contributed by atoms with Gasteiger partial charge < -0.3 is 0 Å². The maximum atomic E-state index is 2.47. The molecule has 1 aliphatic rings. The molecule has 0 saturated heterocycles. The highest BCUT2D eigenvalue weighted by molar-refractivity contribution is 7.99. The van der Waals surface area contributed by atoms with Gasteiger partial charge >= 0.3 is 0 Å². The third-order valence-electron chi connectivity index (χ3n) is 5.82. The Morgan fingerprint density at radius 1 is 0.880 bits per heavy atom. The van der Waals surface area contributed by atoms with Gasteiger partial charge in [0.25, 0.3) is 0 Å². The summed E-state index contributed by atoms with van der Waals surface area (Å²) >= 11 is 1.94. The summed E-state index contributed by atoms with van der Waals surface area (Å²) in [5, 5.41) is 0.